The summed E-state index contributed by atoms with van der Waals surface area (Å²) in [6.07, 6.45) is 4.52. The first-order valence-electron chi connectivity index (χ1n) is 7.19. The van der Waals surface area contributed by atoms with E-state index >= 15 is 0 Å². The predicted molar refractivity (Wildman–Crippen MR) is 78.1 cm³/mol. The molecule has 2 heterocycles. The number of piperidine rings is 1. The van der Waals surface area contributed by atoms with Gasteiger partial charge < -0.3 is 9.88 Å². The molecule has 0 bridgehead atoms. The van der Waals surface area contributed by atoms with Crippen molar-refractivity contribution >= 4 is 10.0 Å². The first-order chi connectivity index (χ1) is 9.46. The van der Waals surface area contributed by atoms with Crippen LogP contribution in [0.15, 0.2) is 11.2 Å². The van der Waals surface area contributed by atoms with E-state index in [1.54, 1.807) is 13.2 Å². The Bertz CT molecular complexity index is 547. The topological polar surface area (TPSA) is 67.2 Å². The van der Waals surface area contributed by atoms with E-state index < -0.39 is 10.0 Å². The van der Waals surface area contributed by atoms with Gasteiger partial charge in [0.25, 0.3) is 10.0 Å². The molecule has 7 heteroatoms. The third-order valence-electron chi connectivity index (χ3n) is 3.85. The fourth-order valence-corrected chi connectivity index (χ4v) is 3.93. The summed E-state index contributed by atoms with van der Waals surface area (Å²) in [6, 6.07) is 0.0189. The number of aryl methyl sites for hydroxylation is 2. The smallest absolute Gasteiger partial charge is 0.262 e. The Balaban J connectivity index is 2.22. The minimum atomic E-state index is -3.50. The highest BCUT2D eigenvalue weighted by Crippen LogP contribution is 2.19. The molecule has 114 valence electrons. The van der Waals surface area contributed by atoms with Crippen molar-refractivity contribution in [1.29, 1.82) is 0 Å². The van der Waals surface area contributed by atoms with Crippen molar-refractivity contribution in [2.75, 3.05) is 20.1 Å². The number of hydrogen-bond acceptors (Lipinski definition) is 4. The molecule has 0 saturated carbocycles. The number of sulfonamides is 1. The number of nitrogens with zero attached hydrogens (tertiary/aromatic N) is 3. The highest BCUT2D eigenvalue weighted by molar-refractivity contribution is 7.89. The summed E-state index contributed by atoms with van der Waals surface area (Å²) in [6.45, 7) is 6.38. The van der Waals surface area contributed by atoms with Crippen LogP contribution in [0.1, 0.15) is 32.0 Å². The van der Waals surface area contributed by atoms with Crippen LogP contribution in [0.25, 0.3) is 0 Å². The van der Waals surface area contributed by atoms with Gasteiger partial charge >= 0.3 is 0 Å². The molecule has 0 aromatic carbocycles. The van der Waals surface area contributed by atoms with Gasteiger partial charge in [0.2, 0.25) is 0 Å². The number of nitrogens with one attached hydrogen (secondary N) is 1. The summed E-state index contributed by atoms with van der Waals surface area (Å²) in [5.41, 5.74) is 0. The molecular formula is C13H24N4O2S. The van der Waals surface area contributed by atoms with Crippen molar-refractivity contribution in [1.82, 2.24) is 19.2 Å². The van der Waals surface area contributed by atoms with Crippen LogP contribution in [0.2, 0.25) is 0 Å². The zero-order valence-electron chi connectivity index (χ0n) is 12.5. The van der Waals surface area contributed by atoms with Crippen LogP contribution in [0.5, 0.6) is 0 Å². The summed E-state index contributed by atoms with van der Waals surface area (Å²) in [5.74, 6) is 0.751. The maximum absolute atomic E-state index is 12.6. The van der Waals surface area contributed by atoms with Gasteiger partial charge in [-0.25, -0.2) is 13.4 Å². The molecule has 1 fully saturated rings. The lowest BCUT2D eigenvalue weighted by Gasteiger charge is -2.30. The van der Waals surface area contributed by atoms with E-state index in [1.807, 2.05) is 11.5 Å². The van der Waals surface area contributed by atoms with Crippen LogP contribution >= 0.6 is 0 Å². The minimum absolute atomic E-state index is 0.0189. The molecule has 6 nitrogen and oxygen atoms in total. The number of hydrogen-bond donors (Lipinski definition) is 1. The van der Waals surface area contributed by atoms with Crippen molar-refractivity contribution in [2.45, 2.75) is 50.7 Å². The van der Waals surface area contributed by atoms with Gasteiger partial charge in [0, 0.05) is 32.4 Å². The average Bonchev–Trinajstić information content (AvgIpc) is 2.81. The van der Waals surface area contributed by atoms with Gasteiger partial charge in [-0.3, -0.25) is 0 Å². The highest BCUT2D eigenvalue weighted by Gasteiger charge is 2.31. The molecule has 1 atom stereocenters. The molecular weight excluding hydrogens is 276 g/mol. The second-order valence-corrected chi connectivity index (χ2v) is 7.29. The fraction of sp³-hybridized carbons (Fsp3) is 0.769. The van der Waals surface area contributed by atoms with E-state index in [-0.39, 0.29) is 11.1 Å². The van der Waals surface area contributed by atoms with E-state index in [0.29, 0.717) is 6.54 Å². The monoisotopic (exact) mass is 300 g/mol. The largest absolute Gasteiger partial charge is 0.334 e. The number of aromatic nitrogens is 2. The molecule has 0 amide bonds. The lowest BCUT2D eigenvalue weighted by molar-refractivity contribution is 0.299. The number of imidazole rings is 1. The van der Waals surface area contributed by atoms with E-state index in [2.05, 4.69) is 17.2 Å². The maximum Gasteiger partial charge on any atom is 0.262 e. The van der Waals surface area contributed by atoms with Crippen molar-refractivity contribution < 1.29 is 8.42 Å². The fourth-order valence-electron chi connectivity index (χ4n) is 2.56. The number of likely N-dealkylation sites (N-methyl/N-ethyl adjacent to an activating group) is 1. The third kappa shape index (κ3) is 3.05. The molecule has 1 saturated heterocycles. The Hall–Kier alpha value is -0.920. The summed E-state index contributed by atoms with van der Waals surface area (Å²) >= 11 is 0. The Morgan fingerprint density at radius 2 is 2.30 bits per heavy atom. The lowest BCUT2D eigenvalue weighted by Crippen LogP contribution is -2.46. The van der Waals surface area contributed by atoms with Crippen LogP contribution < -0.4 is 5.32 Å². The zero-order valence-corrected chi connectivity index (χ0v) is 13.3. The Labute approximate surface area is 121 Å². The van der Waals surface area contributed by atoms with E-state index in [9.17, 15) is 8.42 Å². The first-order valence-corrected chi connectivity index (χ1v) is 8.63. The van der Waals surface area contributed by atoms with Gasteiger partial charge in [-0.15, -0.1) is 0 Å². The molecule has 1 aliphatic heterocycles. The van der Waals surface area contributed by atoms with Crippen molar-refractivity contribution in [3.63, 3.8) is 0 Å². The third-order valence-corrected chi connectivity index (χ3v) is 5.63. The van der Waals surface area contributed by atoms with Crippen LogP contribution in [-0.4, -0.2) is 48.5 Å². The molecule has 1 aromatic rings. The van der Waals surface area contributed by atoms with Crippen molar-refractivity contribution in [2.24, 2.45) is 0 Å². The van der Waals surface area contributed by atoms with E-state index in [0.717, 1.165) is 38.2 Å². The standard InChI is InChI=1S/C13H24N4O2S/c1-4-8-17-10-13(15-11(17)2)20(18,19)16(3)12-6-5-7-14-9-12/h10,12,14H,4-9H2,1-3H3. The first kappa shape index (κ1) is 15.5. The van der Waals surface area contributed by atoms with Crippen LogP contribution in [0.4, 0.5) is 0 Å². The SMILES string of the molecule is CCCn1cc(S(=O)(=O)N(C)C2CCCNC2)nc1C. The van der Waals surface area contributed by atoms with Crippen LogP contribution in [-0.2, 0) is 16.6 Å². The molecule has 20 heavy (non-hydrogen) atoms. The summed E-state index contributed by atoms with van der Waals surface area (Å²) in [4.78, 5) is 4.23. The quantitative estimate of drug-likeness (QED) is 0.880. The molecule has 2 rings (SSSR count). The van der Waals surface area contributed by atoms with Crippen molar-refractivity contribution in [3.05, 3.63) is 12.0 Å². The summed E-state index contributed by atoms with van der Waals surface area (Å²) < 4.78 is 28.6. The van der Waals surface area contributed by atoms with Crippen LogP contribution in [0.3, 0.4) is 0 Å². The highest BCUT2D eigenvalue weighted by atomic mass is 32.2. The zero-order chi connectivity index (χ0) is 14.8. The molecule has 0 aliphatic carbocycles. The molecule has 1 unspecified atom stereocenters. The number of rotatable bonds is 5. The molecule has 0 spiro atoms. The van der Waals surface area contributed by atoms with Gasteiger partial charge in [0.15, 0.2) is 5.03 Å². The van der Waals surface area contributed by atoms with Gasteiger partial charge in [0.1, 0.15) is 5.82 Å². The molecule has 1 aromatic heterocycles. The predicted octanol–water partition coefficient (Wildman–Crippen LogP) is 0.974. The summed E-state index contributed by atoms with van der Waals surface area (Å²) in [7, 11) is -1.84. The Morgan fingerprint density at radius 3 is 2.90 bits per heavy atom. The van der Waals surface area contributed by atoms with Crippen LogP contribution in [0, 0.1) is 6.92 Å². The van der Waals surface area contributed by atoms with Gasteiger partial charge in [-0.05, 0) is 32.7 Å². The van der Waals surface area contributed by atoms with E-state index in [1.165, 1.54) is 4.31 Å². The van der Waals surface area contributed by atoms with Gasteiger partial charge in [-0.1, -0.05) is 6.92 Å². The Kier molecular flexibility index (Phi) is 4.82. The van der Waals surface area contributed by atoms with Crippen molar-refractivity contribution in [3.8, 4) is 0 Å². The lowest BCUT2D eigenvalue weighted by atomic mass is 10.1. The maximum atomic E-state index is 12.6. The van der Waals surface area contributed by atoms with Gasteiger partial charge in [-0.2, -0.15) is 4.31 Å². The van der Waals surface area contributed by atoms with Gasteiger partial charge in [0.05, 0.1) is 0 Å². The Morgan fingerprint density at radius 1 is 1.55 bits per heavy atom. The molecule has 0 radical (unpaired) electrons. The minimum Gasteiger partial charge on any atom is -0.334 e. The normalized spacial score (nSPS) is 20.5. The van der Waals surface area contributed by atoms with E-state index in [4.69, 9.17) is 0 Å². The molecule has 1 aliphatic rings. The second kappa shape index (κ2) is 6.24. The summed E-state index contributed by atoms with van der Waals surface area (Å²) in [5, 5.41) is 3.41. The molecule has 1 N–H and O–H groups in total. The second-order valence-electron chi connectivity index (χ2n) is 5.34. The average molecular weight is 300 g/mol.